The van der Waals surface area contributed by atoms with Crippen LogP contribution in [-0.4, -0.2) is 23.5 Å². The number of benzene rings is 3. The highest BCUT2D eigenvalue weighted by Crippen LogP contribution is 2.37. The van der Waals surface area contributed by atoms with Crippen LogP contribution >= 0.6 is 11.8 Å². The van der Waals surface area contributed by atoms with Gasteiger partial charge in [-0.2, -0.15) is 11.8 Å². The van der Waals surface area contributed by atoms with Gasteiger partial charge >= 0.3 is 0 Å². The highest BCUT2D eigenvalue weighted by molar-refractivity contribution is 7.98. The van der Waals surface area contributed by atoms with E-state index in [1.54, 1.807) is 11.8 Å². The first-order valence-corrected chi connectivity index (χ1v) is 13.4. The van der Waals surface area contributed by atoms with E-state index >= 15 is 0 Å². The van der Waals surface area contributed by atoms with Gasteiger partial charge in [-0.05, 0) is 23.1 Å². The van der Waals surface area contributed by atoms with Crippen LogP contribution in [0.4, 0.5) is 5.69 Å². The molecule has 0 unspecified atom stereocenters. The normalized spacial score (nSPS) is 12.4. The molecule has 6 heteroatoms. The van der Waals surface area contributed by atoms with Crippen LogP contribution in [0, 0.1) is 0 Å². The van der Waals surface area contributed by atoms with Crippen molar-refractivity contribution in [2.45, 2.75) is 37.2 Å². The summed E-state index contributed by atoms with van der Waals surface area (Å²) in [5, 5.41) is 15.6. The molecule has 4 rings (SSSR count). The molecule has 4 aromatic carbocycles. The largest absolute Gasteiger partial charge is 0.487 e. The summed E-state index contributed by atoms with van der Waals surface area (Å²) < 4.78 is 5.67. The predicted molar refractivity (Wildman–Crippen MR) is 148 cm³/mol. The summed E-state index contributed by atoms with van der Waals surface area (Å²) in [5.41, 5.74) is 0.0124. The van der Waals surface area contributed by atoms with Gasteiger partial charge in [0.25, 0.3) is 10.9 Å². The third-order valence-electron chi connectivity index (χ3n) is 6.26. The molecule has 0 saturated carbocycles. The van der Waals surface area contributed by atoms with Gasteiger partial charge in [-0.15, -0.1) is 0 Å². The molecule has 0 saturated heterocycles. The van der Waals surface area contributed by atoms with Crippen molar-refractivity contribution in [3.63, 3.8) is 0 Å². The van der Waals surface area contributed by atoms with Crippen LogP contribution in [0.2, 0.25) is 0 Å². The number of nitrogens with one attached hydrogen (secondary N) is 1. The minimum Gasteiger partial charge on any atom is -0.487 e. The average Bonchev–Trinajstić information content (AvgIpc) is 2.94. The van der Waals surface area contributed by atoms with Crippen LogP contribution in [0.25, 0.3) is 0 Å². The van der Waals surface area contributed by atoms with Gasteiger partial charge < -0.3 is 15.2 Å². The van der Waals surface area contributed by atoms with Crippen molar-refractivity contribution in [2.75, 3.05) is 17.7 Å². The molecule has 0 heterocycles. The minimum absolute atomic E-state index is 0.0648. The third-order valence-corrected chi connectivity index (χ3v) is 7.36. The van der Waals surface area contributed by atoms with Crippen molar-refractivity contribution >= 4 is 17.4 Å². The van der Waals surface area contributed by atoms with Crippen LogP contribution in [0.3, 0.4) is 0 Å². The van der Waals surface area contributed by atoms with E-state index in [9.17, 15) is 14.7 Å². The number of ether oxygens (including phenoxy) is 1. The Labute approximate surface area is 215 Å². The minimum atomic E-state index is -1.47. The lowest BCUT2D eigenvalue weighted by atomic mass is 9.80. The number of anilines is 1. The van der Waals surface area contributed by atoms with E-state index in [1.165, 1.54) is 5.56 Å². The zero-order chi connectivity index (χ0) is 25.4. The second-order valence-electron chi connectivity index (χ2n) is 8.76. The fourth-order valence-corrected chi connectivity index (χ4v) is 5.33. The van der Waals surface area contributed by atoms with Crippen molar-refractivity contribution in [1.82, 2.24) is 0 Å². The van der Waals surface area contributed by atoms with Crippen molar-refractivity contribution in [3.8, 4) is 5.75 Å². The summed E-state index contributed by atoms with van der Waals surface area (Å²) in [6.07, 6.45) is 1.70. The van der Waals surface area contributed by atoms with E-state index in [0.29, 0.717) is 23.5 Å². The number of hydrogen-bond donors (Lipinski definition) is 2. The number of unbranched alkanes of at least 4 members (excludes halogenated alkanes) is 1. The number of hydrogen-bond acceptors (Lipinski definition) is 6. The molecule has 0 fully saturated rings. The number of aliphatic hydroxyl groups is 1. The van der Waals surface area contributed by atoms with Gasteiger partial charge in [0.1, 0.15) is 11.3 Å². The van der Waals surface area contributed by atoms with E-state index in [4.69, 9.17) is 4.74 Å². The summed E-state index contributed by atoms with van der Waals surface area (Å²) in [4.78, 5) is 24.9. The Kier molecular flexibility index (Phi) is 8.62. The molecule has 4 aromatic rings. The van der Waals surface area contributed by atoms with Crippen LogP contribution in [0.15, 0.2) is 101 Å². The first-order chi connectivity index (χ1) is 17.6. The molecular weight excluding hydrogens is 470 g/mol. The van der Waals surface area contributed by atoms with Crippen molar-refractivity contribution in [2.24, 2.45) is 0 Å². The van der Waals surface area contributed by atoms with Crippen LogP contribution in [0.1, 0.15) is 36.5 Å². The van der Waals surface area contributed by atoms with Gasteiger partial charge in [-0.25, -0.2) is 0 Å². The molecule has 0 amide bonds. The highest BCUT2D eigenvalue weighted by Gasteiger charge is 2.42. The molecule has 186 valence electrons. The average molecular weight is 502 g/mol. The first kappa shape index (κ1) is 25.7. The SMILES string of the molecule is CCCCOc1c(N[C@@H](CSCc2ccccc2)C(O)(c2ccccc2)c2ccccc2)c(=O)c1=O. The van der Waals surface area contributed by atoms with E-state index < -0.39 is 22.5 Å². The molecule has 0 radical (unpaired) electrons. The first-order valence-electron chi connectivity index (χ1n) is 12.2. The summed E-state index contributed by atoms with van der Waals surface area (Å²) >= 11 is 1.65. The lowest BCUT2D eigenvalue weighted by Gasteiger charge is -2.38. The van der Waals surface area contributed by atoms with Gasteiger partial charge in [0.2, 0.25) is 0 Å². The van der Waals surface area contributed by atoms with E-state index in [0.717, 1.165) is 18.6 Å². The summed E-state index contributed by atoms with van der Waals surface area (Å²) in [6, 6.07) is 28.3. The Morgan fingerprint density at radius 3 is 1.97 bits per heavy atom. The fourth-order valence-electron chi connectivity index (χ4n) is 4.22. The Balaban J connectivity index is 1.70. The molecule has 5 nitrogen and oxygen atoms in total. The maximum Gasteiger partial charge on any atom is 0.272 e. The summed E-state index contributed by atoms with van der Waals surface area (Å²) in [7, 11) is 0. The highest BCUT2D eigenvalue weighted by atomic mass is 32.2. The Morgan fingerprint density at radius 2 is 1.42 bits per heavy atom. The van der Waals surface area contributed by atoms with E-state index in [2.05, 4.69) is 17.4 Å². The molecule has 1 atom stereocenters. The monoisotopic (exact) mass is 501 g/mol. The van der Waals surface area contributed by atoms with Gasteiger partial charge in [-0.3, -0.25) is 9.59 Å². The molecule has 0 spiro atoms. The van der Waals surface area contributed by atoms with Crippen molar-refractivity contribution < 1.29 is 9.84 Å². The Bertz CT molecular complexity index is 1260. The fraction of sp³-hybridized carbons (Fsp3) is 0.267. The maximum absolute atomic E-state index is 12.6. The van der Waals surface area contributed by atoms with Crippen LogP contribution < -0.4 is 20.9 Å². The Morgan fingerprint density at radius 1 is 0.861 bits per heavy atom. The molecule has 36 heavy (non-hydrogen) atoms. The topological polar surface area (TPSA) is 75.6 Å². The second kappa shape index (κ2) is 12.1. The summed E-state index contributed by atoms with van der Waals surface area (Å²) in [5.74, 6) is 1.28. The molecule has 0 aliphatic carbocycles. The van der Waals surface area contributed by atoms with Crippen LogP contribution in [-0.2, 0) is 11.4 Å². The van der Waals surface area contributed by atoms with Gasteiger partial charge in [-0.1, -0.05) is 104 Å². The molecule has 2 N–H and O–H groups in total. The van der Waals surface area contributed by atoms with Gasteiger partial charge in [0.15, 0.2) is 5.75 Å². The zero-order valence-corrected chi connectivity index (χ0v) is 21.2. The summed E-state index contributed by atoms with van der Waals surface area (Å²) in [6.45, 7) is 2.40. The van der Waals surface area contributed by atoms with Gasteiger partial charge in [0, 0.05) is 11.5 Å². The van der Waals surface area contributed by atoms with Crippen LogP contribution in [0.5, 0.6) is 5.75 Å². The molecule has 0 bridgehead atoms. The van der Waals surface area contributed by atoms with E-state index in [-0.39, 0.29) is 11.4 Å². The molecular formula is C30H31NO4S. The quantitative estimate of drug-likeness (QED) is 0.196. The number of rotatable bonds is 13. The Hall–Kier alpha value is -3.35. The van der Waals surface area contributed by atoms with Gasteiger partial charge in [0.05, 0.1) is 12.6 Å². The maximum atomic E-state index is 12.6. The lowest BCUT2D eigenvalue weighted by molar-refractivity contribution is 0.0660. The van der Waals surface area contributed by atoms with E-state index in [1.807, 2.05) is 85.8 Å². The third kappa shape index (κ3) is 5.55. The van der Waals surface area contributed by atoms with Crippen molar-refractivity contribution in [1.29, 1.82) is 0 Å². The molecule has 0 aliphatic heterocycles. The lowest BCUT2D eigenvalue weighted by Crippen LogP contribution is -2.50. The smallest absolute Gasteiger partial charge is 0.272 e. The zero-order valence-electron chi connectivity index (χ0n) is 20.4. The molecule has 0 aliphatic rings. The van der Waals surface area contributed by atoms with Crippen molar-refractivity contribution in [3.05, 3.63) is 128 Å². The second-order valence-corrected chi connectivity index (χ2v) is 9.79. The number of thioether (sulfide) groups is 1. The standard InChI is InChI=1S/C30H31NO4S/c1-2-3-19-35-29-26(27(32)28(29)33)31-25(21-36-20-22-13-7-4-8-14-22)30(34,23-15-9-5-10-16-23)24-17-11-6-12-18-24/h4-18,25,31,34H,2-3,19-21H2,1H3/t25-/m0/s1. The predicted octanol–water partition coefficient (Wildman–Crippen LogP) is 5.11. The molecule has 0 aromatic heterocycles.